The van der Waals surface area contributed by atoms with Crippen molar-refractivity contribution in [2.45, 2.75) is 33.2 Å². The molecule has 0 radical (unpaired) electrons. The van der Waals surface area contributed by atoms with Crippen molar-refractivity contribution >= 4 is 22.7 Å². The summed E-state index contributed by atoms with van der Waals surface area (Å²) in [5.41, 5.74) is 4.37. The molecule has 1 aromatic heterocycles. The Balaban J connectivity index is 1.60. The van der Waals surface area contributed by atoms with Crippen molar-refractivity contribution < 1.29 is 9.21 Å². The van der Waals surface area contributed by atoms with Crippen LogP contribution in [-0.2, 0) is 11.3 Å². The topological polar surface area (TPSA) is 64.2 Å². The van der Waals surface area contributed by atoms with E-state index in [1.165, 1.54) is 0 Å². The molecule has 0 aliphatic heterocycles. The fourth-order valence-electron chi connectivity index (χ4n) is 2.79. The van der Waals surface area contributed by atoms with Crippen LogP contribution >= 0.6 is 0 Å². The van der Waals surface area contributed by atoms with Gasteiger partial charge < -0.3 is 9.73 Å². The maximum atomic E-state index is 12.1. The zero-order valence-corrected chi connectivity index (χ0v) is 13.8. The molecule has 124 valence electrons. The second kappa shape index (κ2) is 6.74. The Morgan fingerprint density at radius 3 is 2.75 bits per heavy atom. The predicted octanol–water partition coefficient (Wildman–Crippen LogP) is 3.63. The zero-order chi connectivity index (χ0) is 17.1. The standard InChI is InChI=1S/C19H20N2O3/c1-13-9-10-15(14(2)12-13)20-18(22)8-5-11-21-16-6-3-4-7-17(16)24-19(21)23/h3-4,6-7,9-10,12H,5,8,11H2,1-2H3,(H,20,22). The first-order valence-electron chi connectivity index (χ1n) is 8.00. The molecule has 5 nitrogen and oxygen atoms in total. The number of oxazole rings is 1. The van der Waals surface area contributed by atoms with Crippen LogP contribution in [0.3, 0.4) is 0 Å². The van der Waals surface area contributed by atoms with Gasteiger partial charge in [-0.1, -0.05) is 29.8 Å². The molecule has 0 saturated carbocycles. The number of hydrogen-bond acceptors (Lipinski definition) is 3. The van der Waals surface area contributed by atoms with E-state index in [-0.39, 0.29) is 11.7 Å². The number of aromatic nitrogens is 1. The summed E-state index contributed by atoms with van der Waals surface area (Å²) in [6.07, 6.45) is 0.916. The fourth-order valence-corrected chi connectivity index (χ4v) is 2.79. The van der Waals surface area contributed by atoms with E-state index in [0.29, 0.717) is 25.0 Å². The number of benzene rings is 2. The summed E-state index contributed by atoms with van der Waals surface area (Å²) in [6, 6.07) is 13.2. The van der Waals surface area contributed by atoms with E-state index < -0.39 is 0 Å². The van der Waals surface area contributed by atoms with Crippen molar-refractivity contribution in [2.24, 2.45) is 0 Å². The number of amides is 1. The third-order valence-corrected chi connectivity index (χ3v) is 4.02. The highest BCUT2D eigenvalue weighted by molar-refractivity contribution is 5.91. The minimum atomic E-state index is -0.383. The van der Waals surface area contributed by atoms with Crippen LogP contribution in [0.2, 0.25) is 0 Å². The molecule has 0 saturated heterocycles. The van der Waals surface area contributed by atoms with Crippen LogP contribution in [0.25, 0.3) is 11.1 Å². The van der Waals surface area contributed by atoms with Gasteiger partial charge in [0.2, 0.25) is 5.91 Å². The van der Waals surface area contributed by atoms with E-state index in [0.717, 1.165) is 22.3 Å². The summed E-state index contributed by atoms with van der Waals surface area (Å²) in [5, 5.41) is 2.92. The highest BCUT2D eigenvalue weighted by Gasteiger charge is 2.10. The Morgan fingerprint density at radius 2 is 1.96 bits per heavy atom. The van der Waals surface area contributed by atoms with Gasteiger partial charge in [0.25, 0.3) is 0 Å². The average Bonchev–Trinajstić information content (AvgIpc) is 2.86. The number of aryl methyl sites for hydroxylation is 3. The van der Waals surface area contributed by atoms with E-state index in [1.807, 2.05) is 50.2 Å². The second-order valence-electron chi connectivity index (χ2n) is 5.96. The van der Waals surface area contributed by atoms with Crippen molar-refractivity contribution in [1.82, 2.24) is 4.57 Å². The van der Waals surface area contributed by atoms with Gasteiger partial charge in [-0.3, -0.25) is 9.36 Å². The molecular formula is C19H20N2O3. The molecule has 1 N–H and O–H groups in total. The van der Waals surface area contributed by atoms with Gasteiger partial charge in [0, 0.05) is 18.7 Å². The smallest absolute Gasteiger partial charge is 0.408 e. The van der Waals surface area contributed by atoms with Crippen LogP contribution in [-0.4, -0.2) is 10.5 Å². The van der Waals surface area contributed by atoms with E-state index >= 15 is 0 Å². The lowest BCUT2D eigenvalue weighted by molar-refractivity contribution is -0.116. The SMILES string of the molecule is Cc1ccc(NC(=O)CCCn2c(=O)oc3ccccc32)c(C)c1. The summed E-state index contributed by atoms with van der Waals surface area (Å²) in [4.78, 5) is 24.0. The lowest BCUT2D eigenvalue weighted by atomic mass is 10.1. The number of para-hydroxylation sites is 2. The number of nitrogens with one attached hydrogen (secondary N) is 1. The van der Waals surface area contributed by atoms with Gasteiger partial charge in [0.1, 0.15) is 0 Å². The Morgan fingerprint density at radius 1 is 1.17 bits per heavy atom. The third kappa shape index (κ3) is 3.40. The van der Waals surface area contributed by atoms with Crippen LogP contribution < -0.4 is 11.1 Å². The molecule has 1 heterocycles. The number of fused-ring (bicyclic) bond motifs is 1. The van der Waals surface area contributed by atoms with Gasteiger partial charge in [-0.2, -0.15) is 0 Å². The van der Waals surface area contributed by atoms with Crippen molar-refractivity contribution in [1.29, 1.82) is 0 Å². The molecule has 0 aliphatic carbocycles. The van der Waals surface area contributed by atoms with E-state index in [4.69, 9.17) is 4.42 Å². The maximum Gasteiger partial charge on any atom is 0.419 e. The molecule has 2 aromatic carbocycles. The molecule has 0 atom stereocenters. The number of hydrogen-bond donors (Lipinski definition) is 1. The van der Waals surface area contributed by atoms with Crippen molar-refractivity contribution in [3.63, 3.8) is 0 Å². The second-order valence-corrected chi connectivity index (χ2v) is 5.96. The number of carbonyl (C=O) groups is 1. The predicted molar refractivity (Wildman–Crippen MR) is 94.3 cm³/mol. The minimum Gasteiger partial charge on any atom is -0.408 e. The quantitative estimate of drug-likeness (QED) is 0.779. The first-order chi connectivity index (χ1) is 11.5. The number of carbonyl (C=O) groups excluding carboxylic acids is 1. The molecule has 0 aliphatic rings. The van der Waals surface area contributed by atoms with Crippen LogP contribution in [0.1, 0.15) is 24.0 Å². The monoisotopic (exact) mass is 324 g/mol. The van der Waals surface area contributed by atoms with Crippen LogP contribution in [0.5, 0.6) is 0 Å². The minimum absolute atomic E-state index is 0.0530. The van der Waals surface area contributed by atoms with Crippen LogP contribution in [0.4, 0.5) is 5.69 Å². The average molecular weight is 324 g/mol. The number of rotatable bonds is 5. The third-order valence-electron chi connectivity index (χ3n) is 4.02. The fraction of sp³-hybridized carbons (Fsp3) is 0.263. The Labute approximate surface area is 139 Å². The van der Waals surface area contributed by atoms with Gasteiger partial charge in [-0.05, 0) is 44.0 Å². The van der Waals surface area contributed by atoms with Crippen molar-refractivity contribution in [2.75, 3.05) is 5.32 Å². The molecule has 5 heteroatoms. The molecule has 1 amide bonds. The molecule has 0 spiro atoms. The molecular weight excluding hydrogens is 304 g/mol. The summed E-state index contributed by atoms with van der Waals surface area (Å²) < 4.78 is 6.76. The van der Waals surface area contributed by atoms with E-state index in [2.05, 4.69) is 5.32 Å². The lowest BCUT2D eigenvalue weighted by Gasteiger charge is -2.09. The zero-order valence-electron chi connectivity index (χ0n) is 13.8. The lowest BCUT2D eigenvalue weighted by Crippen LogP contribution is -2.17. The largest absolute Gasteiger partial charge is 0.419 e. The summed E-state index contributed by atoms with van der Waals surface area (Å²) in [5.74, 6) is -0.436. The highest BCUT2D eigenvalue weighted by Crippen LogP contribution is 2.17. The van der Waals surface area contributed by atoms with E-state index in [9.17, 15) is 9.59 Å². The summed E-state index contributed by atoms with van der Waals surface area (Å²) >= 11 is 0. The summed E-state index contributed by atoms with van der Waals surface area (Å²) in [6.45, 7) is 4.45. The normalized spacial score (nSPS) is 10.9. The van der Waals surface area contributed by atoms with Crippen molar-refractivity contribution in [3.8, 4) is 0 Å². The van der Waals surface area contributed by atoms with Gasteiger partial charge >= 0.3 is 5.76 Å². The molecule has 3 rings (SSSR count). The molecule has 3 aromatic rings. The van der Waals surface area contributed by atoms with Gasteiger partial charge in [-0.15, -0.1) is 0 Å². The number of nitrogens with zero attached hydrogens (tertiary/aromatic N) is 1. The molecule has 0 unspecified atom stereocenters. The van der Waals surface area contributed by atoms with E-state index in [1.54, 1.807) is 10.6 Å². The Hall–Kier alpha value is -2.82. The first kappa shape index (κ1) is 16.1. The highest BCUT2D eigenvalue weighted by atomic mass is 16.4. The Kier molecular flexibility index (Phi) is 4.51. The van der Waals surface area contributed by atoms with Gasteiger partial charge in [-0.25, -0.2) is 4.79 Å². The van der Waals surface area contributed by atoms with Crippen LogP contribution in [0, 0.1) is 13.8 Å². The van der Waals surface area contributed by atoms with Crippen molar-refractivity contribution in [3.05, 3.63) is 64.1 Å². The number of anilines is 1. The summed E-state index contributed by atoms with van der Waals surface area (Å²) in [7, 11) is 0. The maximum absolute atomic E-state index is 12.1. The Bertz CT molecular complexity index is 937. The van der Waals surface area contributed by atoms with Gasteiger partial charge in [0.05, 0.1) is 5.52 Å². The molecule has 0 fully saturated rings. The molecule has 0 bridgehead atoms. The van der Waals surface area contributed by atoms with Gasteiger partial charge in [0.15, 0.2) is 5.58 Å². The van der Waals surface area contributed by atoms with Crippen LogP contribution in [0.15, 0.2) is 51.7 Å². The first-order valence-corrected chi connectivity index (χ1v) is 8.00. The molecule has 24 heavy (non-hydrogen) atoms.